The van der Waals surface area contributed by atoms with E-state index in [2.05, 4.69) is 15.6 Å². The third-order valence-corrected chi connectivity index (χ3v) is 4.92. The van der Waals surface area contributed by atoms with E-state index in [4.69, 9.17) is 0 Å². The zero-order chi connectivity index (χ0) is 20.2. The molecule has 1 unspecified atom stereocenters. The first-order valence-electron chi connectivity index (χ1n) is 8.46. The van der Waals surface area contributed by atoms with Gasteiger partial charge in [0.15, 0.2) is 9.84 Å². The SMILES string of the molecule is CC(C)NC(=O)c1cccc(C(=O)NC(C)c2ccc(S(C)(=O)=O)cc2)n1. The molecule has 1 atom stereocenters. The third kappa shape index (κ3) is 5.62. The van der Waals surface area contributed by atoms with Crippen molar-refractivity contribution in [3.8, 4) is 0 Å². The van der Waals surface area contributed by atoms with Crippen molar-refractivity contribution in [2.75, 3.05) is 6.26 Å². The third-order valence-electron chi connectivity index (χ3n) is 3.79. The van der Waals surface area contributed by atoms with Crippen LogP contribution in [0.4, 0.5) is 0 Å². The van der Waals surface area contributed by atoms with Gasteiger partial charge >= 0.3 is 0 Å². The lowest BCUT2D eigenvalue weighted by molar-refractivity contribution is 0.0932. The fourth-order valence-electron chi connectivity index (χ4n) is 2.38. The molecule has 0 spiro atoms. The molecule has 7 nitrogen and oxygen atoms in total. The average Bonchev–Trinajstić information content (AvgIpc) is 2.60. The number of hydrogen-bond donors (Lipinski definition) is 2. The number of nitrogens with one attached hydrogen (secondary N) is 2. The molecule has 27 heavy (non-hydrogen) atoms. The van der Waals surface area contributed by atoms with Crippen molar-refractivity contribution < 1.29 is 18.0 Å². The molecule has 144 valence electrons. The normalized spacial score (nSPS) is 12.5. The molecule has 2 N–H and O–H groups in total. The molecule has 0 radical (unpaired) electrons. The molecule has 1 aromatic carbocycles. The smallest absolute Gasteiger partial charge is 0.270 e. The Morgan fingerprint density at radius 2 is 1.41 bits per heavy atom. The molecule has 0 fully saturated rings. The lowest BCUT2D eigenvalue weighted by Gasteiger charge is -2.15. The minimum atomic E-state index is -3.27. The molecule has 2 amide bonds. The monoisotopic (exact) mass is 389 g/mol. The highest BCUT2D eigenvalue weighted by Gasteiger charge is 2.16. The molecule has 0 aliphatic rings. The largest absolute Gasteiger partial charge is 0.349 e. The Kier molecular flexibility index (Phi) is 6.32. The molecular formula is C19H23N3O4S. The number of sulfone groups is 1. The Morgan fingerprint density at radius 3 is 1.89 bits per heavy atom. The standard InChI is InChI=1S/C19H23N3O4S/c1-12(2)20-18(23)16-6-5-7-17(22-16)19(24)21-13(3)14-8-10-15(11-9-14)27(4,25)26/h5-13H,1-4H3,(H,20,23)(H,21,24). The topological polar surface area (TPSA) is 105 Å². The molecule has 0 aliphatic heterocycles. The summed E-state index contributed by atoms with van der Waals surface area (Å²) in [5.74, 6) is -0.766. The van der Waals surface area contributed by atoms with Crippen molar-refractivity contribution in [3.05, 3.63) is 59.4 Å². The van der Waals surface area contributed by atoms with E-state index in [0.29, 0.717) is 0 Å². The van der Waals surface area contributed by atoms with Crippen molar-refractivity contribution in [1.29, 1.82) is 0 Å². The van der Waals surface area contributed by atoms with E-state index >= 15 is 0 Å². The summed E-state index contributed by atoms with van der Waals surface area (Å²) in [7, 11) is -3.27. The van der Waals surface area contributed by atoms with Crippen LogP contribution in [-0.4, -0.2) is 37.5 Å². The Labute approximate surface area is 159 Å². The number of pyridine rings is 1. The second-order valence-electron chi connectivity index (χ2n) is 6.57. The number of hydrogen-bond acceptors (Lipinski definition) is 5. The summed E-state index contributed by atoms with van der Waals surface area (Å²) in [6.45, 7) is 5.46. The van der Waals surface area contributed by atoms with Gasteiger partial charge in [-0.3, -0.25) is 9.59 Å². The van der Waals surface area contributed by atoms with Crippen molar-refractivity contribution in [3.63, 3.8) is 0 Å². The van der Waals surface area contributed by atoms with E-state index < -0.39 is 15.7 Å². The predicted octanol–water partition coefficient (Wildman–Crippen LogP) is 2.11. The maximum atomic E-state index is 12.5. The zero-order valence-electron chi connectivity index (χ0n) is 15.7. The number of aromatic nitrogens is 1. The van der Waals surface area contributed by atoms with Crippen LogP contribution in [0, 0.1) is 0 Å². The van der Waals surface area contributed by atoms with E-state index in [-0.39, 0.29) is 34.3 Å². The van der Waals surface area contributed by atoms with Gasteiger partial charge in [-0.25, -0.2) is 13.4 Å². The second kappa shape index (κ2) is 8.30. The first-order valence-corrected chi connectivity index (χ1v) is 10.4. The minimum absolute atomic E-state index is 0.0355. The van der Waals surface area contributed by atoms with Gasteiger partial charge in [0.05, 0.1) is 10.9 Å². The van der Waals surface area contributed by atoms with Crippen molar-refractivity contribution >= 4 is 21.7 Å². The molecule has 8 heteroatoms. The number of rotatable bonds is 6. The molecule has 2 aromatic rings. The van der Waals surface area contributed by atoms with Gasteiger partial charge < -0.3 is 10.6 Å². The fraction of sp³-hybridized carbons (Fsp3) is 0.316. The van der Waals surface area contributed by atoms with Gasteiger partial charge in [-0.05, 0) is 50.6 Å². The summed E-state index contributed by atoms with van der Waals surface area (Å²) in [5.41, 5.74) is 1.05. The van der Waals surface area contributed by atoms with Crippen LogP contribution < -0.4 is 10.6 Å². The summed E-state index contributed by atoms with van der Waals surface area (Å²) >= 11 is 0. The number of nitrogens with zero attached hydrogens (tertiary/aromatic N) is 1. The van der Waals surface area contributed by atoms with Crippen LogP contribution in [0.15, 0.2) is 47.4 Å². The van der Waals surface area contributed by atoms with Crippen LogP contribution in [0.5, 0.6) is 0 Å². The highest BCUT2D eigenvalue weighted by molar-refractivity contribution is 7.90. The van der Waals surface area contributed by atoms with Gasteiger partial charge in [-0.15, -0.1) is 0 Å². The highest BCUT2D eigenvalue weighted by atomic mass is 32.2. The summed E-state index contributed by atoms with van der Waals surface area (Å²) in [6.07, 6.45) is 1.14. The van der Waals surface area contributed by atoms with Crippen LogP contribution >= 0.6 is 0 Å². The maximum absolute atomic E-state index is 12.5. The first kappa shape index (κ1) is 20.6. The van der Waals surface area contributed by atoms with Crippen LogP contribution in [0.1, 0.15) is 53.4 Å². The molecule has 0 saturated heterocycles. The van der Waals surface area contributed by atoms with Crippen LogP contribution in [0.2, 0.25) is 0 Å². The summed E-state index contributed by atoms with van der Waals surface area (Å²) in [6, 6.07) is 10.6. The number of amides is 2. The van der Waals surface area contributed by atoms with Gasteiger partial charge in [0.2, 0.25) is 0 Å². The van der Waals surface area contributed by atoms with E-state index in [1.54, 1.807) is 31.2 Å². The quantitative estimate of drug-likeness (QED) is 0.787. The van der Waals surface area contributed by atoms with Crippen molar-refractivity contribution in [2.45, 2.75) is 37.8 Å². The van der Waals surface area contributed by atoms with E-state index in [9.17, 15) is 18.0 Å². The Balaban J connectivity index is 2.11. The van der Waals surface area contributed by atoms with Gasteiger partial charge in [0, 0.05) is 12.3 Å². The van der Waals surface area contributed by atoms with Gasteiger partial charge in [0.1, 0.15) is 11.4 Å². The molecule has 1 aromatic heterocycles. The lowest BCUT2D eigenvalue weighted by Crippen LogP contribution is -2.32. The first-order chi connectivity index (χ1) is 12.6. The van der Waals surface area contributed by atoms with Crippen LogP contribution in [0.3, 0.4) is 0 Å². The van der Waals surface area contributed by atoms with Gasteiger partial charge in [-0.2, -0.15) is 0 Å². The fourth-order valence-corrected chi connectivity index (χ4v) is 3.01. The van der Waals surface area contributed by atoms with Gasteiger partial charge in [0.25, 0.3) is 11.8 Å². The van der Waals surface area contributed by atoms with Crippen LogP contribution in [-0.2, 0) is 9.84 Å². The number of carbonyl (C=O) groups excluding carboxylic acids is 2. The summed E-state index contributed by atoms with van der Waals surface area (Å²) in [5, 5.41) is 5.52. The van der Waals surface area contributed by atoms with E-state index in [1.807, 2.05) is 13.8 Å². The molecule has 1 heterocycles. The molecule has 0 aliphatic carbocycles. The van der Waals surface area contributed by atoms with Crippen LogP contribution in [0.25, 0.3) is 0 Å². The van der Waals surface area contributed by atoms with Crippen molar-refractivity contribution in [2.24, 2.45) is 0 Å². The van der Waals surface area contributed by atoms with Gasteiger partial charge in [-0.1, -0.05) is 18.2 Å². The molecule has 2 rings (SSSR count). The Bertz CT molecular complexity index is 938. The second-order valence-corrected chi connectivity index (χ2v) is 8.59. The Hall–Kier alpha value is -2.74. The van der Waals surface area contributed by atoms with Crippen molar-refractivity contribution in [1.82, 2.24) is 15.6 Å². The zero-order valence-corrected chi connectivity index (χ0v) is 16.5. The van der Waals surface area contributed by atoms with E-state index in [1.165, 1.54) is 18.2 Å². The molecule has 0 bridgehead atoms. The maximum Gasteiger partial charge on any atom is 0.270 e. The lowest BCUT2D eigenvalue weighted by atomic mass is 10.1. The van der Waals surface area contributed by atoms with E-state index in [0.717, 1.165) is 11.8 Å². The highest BCUT2D eigenvalue weighted by Crippen LogP contribution is 2.16. The summed E-state index contributed by atoms with van der Waals surface area (Å²) in [4.78, 5) is 28.8. The summed E-state index contributed by atoms with van der Waals surface area (Å²) < 4.78 is 23.0. The predicted molar refractivity (Wildman–Crippen MR) is 102 cm³/mol. The molecule has 0 saturated carbocycles. The molecular weight excluding hydrogens is 366 g/mol. The number of benzene rings is 1. The Morgan fingerprint density at radius 1 is 0.889 bits per heavy atom. The minimum Gasteiger partial charge on any atom is -0.349 e. The average molecular weight is 389 g/mol. The number of carbonyl (C=O) groups is 2.